The lowest BCUT2D eigenvalue weighted by Gasteiger charge is -2.37. The Morgan fingerprint density at radius 3 is 2.44 bits per heavy atom. The molecule has 0 aromatic carbocycles. The topological polar surface area (TPSA) is 24.1 Å². The van der Waals surface area contributed by atoms with Crippen molar-refractivity contribution in [3.63, 3.8) is 0 Å². The van der Waals surface area contributed by atoms with E-state index >= 15 is 0 Å². The second-order valence-corrected chi connectivity index (χ2v) is 6.19. The van der Waals surface area contributed by atoms with Gasteiger partial charge < -0.3 is 10.6 Å². The van der Waals surface area contributed by atoms with E-state index in [9.17, 15) is 0 Å². The van der Waals surface area contributed by atoms with E-state index in [1.54, 1.807) is 0 Å². The highest BCUT2D eigenvalue weighted by Gasteiger charge is 2.29. The van der Waals surface area contributed by atoms with E-state index in [4.69, 9.17) is 0 Å². The number of rotatable bonds is 9. The van der Waals surface area contributed by atoms with Gasteiger partial charge in [-0.15, -0.1) is 0 Å². The molecule has 0 bridgehead atoms. The minimum Gasteiger partial charge on any atom is -0.314 e. The molecule has 1 rings (SSSR count). The summed E-state index contributed by atoms with van der Waals surface area (Å²) < 4.78 is 0. The van der Waals surface area contributed by atoms with Crippen LogP contribution in [-0.2, 0) is 0 Å². The maximum Gasteiger partial charge on any atom is 0.0190 e. The van der Waals surface area contributed by atoms with Gasteiger partial charge in [0.05, 0.1) is 0 Å². The van der Waals surface area contributed by atoms with E-state index in [-0.39, 0.29) is 0 Å². The monoisotopic (exact) mass is 254 g/mol. The predicted molar refractivity (Wildman–Crippen MR) is 81.1 cm³/mol. The normalized spacial score (nSPS) is 20.8. The lowest BCUT2D eigenvalue weighted by molar-refractivity contribution is 0.225. The van der Waals surface area contributed by atoms with Crippen molar-refractivity contribution in [2.24, 2.45) is 0 Å². The Labute approximate surface area is 114 Å². The first-order valence-electron chi connectivity index (χ1n) is 8.15. The molecule has 0 aliphatic heterocycles. The van der Waals surface area contributed by atoms with Gasteiger partial charge in [0.1, 0.15) is 0 Å². The van der Waals surface area contributed by atoms with E-state index in [0.717, 1.165) is 0 Å². The molecule has 0 aromatic rings. The second kappa shape index (κ2) is 8.92. The zero-order chi connectivity index (χ0) is 13.3. The van der Waals surface area contributed by atoms with Crippen LogP contribution in [0.1, 0.15) is 78.1 Å². The molecule has 1 saturated carbocycles. The van der Waals surface area contributed by atoms with Crippen molar-refractivity contribution in [3.8, 4) is 0 Å². The second-order valence-electron chi connectivity index (χ2n) is 6.19. The summed E-state index contributed by atoms with van der Waals surface area (Å²) in [6.07, 6.45) is 13.7. The van der Waals surface area contributed by atoms with Gasteiger partial charge in [-0.1, -0.05) is 45.4 Å². The van der Waals surface area contributed by atoms with E-state index in [1.807, 2.05) is 0 Å². The first kappa shape index (κ1) is 16.0. The molecule has 1 aliphatic carbocycles. The maximum atomic E-state index is 3.71. The zero-order valence-corrected chi connectivity index (χ0v) is 12.9. The summed E-state index contributed by atoms with van der Waals surface area (Å²) in [6.45, 7) is 5.79. The third-order valence-corrected chi connectivity index (χ3v) is 4.68. The van der Waals surface area contributed by atoms with Crippen molar-refractivity contribution in [1.82, 2.24) is 10.6 Å². The third-order valence-electron chi connectivity index (χ3n) is 4.68. The molecule has 0 heterocycles. The lowest BCUT2D eigenvalue weighted by atomic mass is 9.79. The molecule has 0 spiro atoms. The molecule has 0 saturated heterocycles. The summed E-state index contributed by atoms with van der Waals surface area (Å²) in [5.41, 5.74) is 0.439. The van der Waals surface area contributed by atoms with Crippen molar-refractivity contribution in [2.45, 2.75) is 89.6 Å². The van der Waals surface area contributed by atoms with Crippen LogP contribution in [0.25, 0.3) is 0 Å². The number of hydrogen-bond donors (Lipinski definition) is 2. The largest absolute Gasteiger partial charge is 0.314 e. The Balaban J connectivity index is 2.14. The van der Waals surface area contributed by atoms with E-state index in [1.165, 1.54) is 70.8 Å². The van der Waals surface area contributed by atoms with Crippen LogP contribution in [0.3, 0.4) is 0 Å². The van der Waals surface area contributed by atoms with Gasteiger partial charge in [0, 0.05) is 11.6 Å². The highest BCUT2D eigenvalue weighted by molar-refractivity contribution is 4.90. The molecule has 0 radical (unpaired) electrons. The van der Waals surface area contributed by atoms with Gasteiger partial charge in [-0.05, 0) is 46.2 Å². The van der Waals surface area contributed by atoms with Crippen LogP contribution in [0.5, 0.6) is 0 Å². The van der Waals surface area contributed by atoms with Crippen LogP contribution < -0.4 is 10.6 Å². The summed E-state index contributed by atoms with van der Waals surface area (Å²) in [4.78, 5) is 0. The summed E-state index contributed by atoms with van der Waals surface area (Å²) >= 11 is 0. The van der Waals surface area contributed by atoms with E-state index in [2.05, 4.69) is 31.5 Å². The molecular formula is C16H34N2. The molecule has 2 heteroatoms. The first-order valence-corrected chi connectivity index (χ1v) is 8.15. The molecular weight excluding hydrogens is 220 g/mol. The Kier molecular flexibility index (Phi) is 7.92. The maximum absolute atomic E-state index is 3.71. The Morgan fingerprint density at radius 1 is 1.11 bits per heavy atom. The van der Waals surface area contributed by atoms with Crippen molar-refractivity contribution < 1.29 is 0 Å². The standard InChI is InChI=1S/C16H34N2/c1-4-5-7-10-15(2)18-14-13-16(17-3)11-8-6-9-12-16/h15,17-18H,4-14H2,1-3H3. The minimum atomic E-state index is 0.439. The minimum absolute atomic E-state index is 0.439. The summed E-state index contributed by atoms with van der Waals surface area (Å²) in [5, 5.41) is 7.31. The Bertz CT molecular complexity index is 197. The third kappa shape index (κ3) is 5.71. The van der Waals surface area contributed by atoms with Gasteiger partial charge >= 0.3 is 0 Å². The van der Waals surface area contributed by atoms with Crippen LogP contribution in [0.4, 0.5) is 0 Å². The molecule has 108 valence electrons. The van der Waals surface area contributed by atoms with Crippen LogP contribution in [0, 0.1) is 0 Å². The Hall–Kier alpha value is -0.0800. The smallest absolute Gasteiger partial charge is 0.0190 e. The van der Waals surface area contributed by atoms with Gasteiger partial charge in [-0.2, -0.15) is 0 Å². The highest BCUT2D eigenvalue weighted by atomic mass is 15.0. The fourth-order valence-electron chi connectivity index (χ4n) is 3.21. The van der Waals surface area contributed by atoms with Crippen molar-refractivity contribution >= 4 is 0 Å². The predicted octanol–water partition coefficient (Wildman–Crippen LogP) is 3.86. The lowest BCUT2D eigenvalue weighted by Crippen LogP contribution is -2.47. The van der Waals surface area contributed by atoms with E-state index < -0.39 is 0 Å². The Morgan fingerprint density at radius 2 is 1.83 bits per heavy atom. The highest BCUT2D eigenvalue weighted by Crippen LogP contribution is 2.30. The quantitative estimate of drug-likeness (QED) is 0.611. The van der Waals surface area contributed by atoms with Gasteiger partial charge in [-0.3, -0.25) is 0 Å². The molecule has 0 aromatic heterocycles. The average molecular weight is 254 g/mol. The van der Waals surface area contributed by atoms with Gasteiger partial charge in [0.15, 0.2) is 0 Å². The van der Waals surface area contributed by atoms with Gasteiger partial charge in [0.25, 0.3) is 0 Å². The van der Waals surface area contributed by atoms with Crippen LogP contribution in [0.2, 0.25) is 0 Å². The van der Waals surface area contributed by atoms with Crippen LogP contribution in [-0.4, -0.2) is 25.2 Å². The van der Waals surface area contributed by atoms with Crippen LogP contribution in [0.15, 0.2) is 0 Å². The van der Waals surface area contributed by atoms with Crippen molar-refractivity contribution in [1.29, 1.82) is 0 Å². The van der Waals surface area contributed by atoms with Gasteiger partial charge in [-0.25, -0.2) is 0 Å². The summed E-state index contributed by atoms with van der Waals surface area (Å²) in [5.74, 6) is 0. The number of nitrogens with one attached hydrogen (secondary N) is 2. The molecule has 0 amide bonds. The van der Waals surface area contributed by atoms with Gasteiger partial charge in [0.2, 0.25) is 0 Å². The molecule has 2 nitrogen and oxygen atoms in total. The molecule has 1 unspecified atom stereocenters. The fourth-order valence-corrected chi connectivity index (χ4v) is 3.21. The molecule has 2 N–H and O–H groups in total. The number of hydrogen-bond acceptors (Lipinski definition) is 2. The van der Waals surface area contributed by atoms with Crippen molar-refractivity contribution in [2.75, 3.05) is 13.6 Å². The zero-order valence-electron chi connectivity index (χ0n) is 12.9. The average Bonchev–Trinajstić information content (AvgIpc) is 2.40. The molecule has 1 fully saturated rings. The van der Waals surface area contributed by atoms with Crippen molar-refractivity contribution in [3.05, 3.63) is 0 Å². The fraction of sp³-hybridized carbons (Fsp3) is 1.00. The summed E-state index contributed by atoms with van der Waals surface area (Å²) in [7, 11) is 2.15. The molecule has 1 atom stereocenters. The summed E-state index contributed by atoms with van der Waals surface area (Å²) in [6, 6.07) is 0.689. The molecule has 18 heavy (non-hydrogen) atoms. The first-order chi connectivity index (χ1) is 8.72. The van der Waals surface area contributed by atoms with E-state index in [0.29, 0.717) is 11.6 Å². The molecule has 1 aliphatic rings. The SMILES string of the molecule is CCCCCC(C)NCCC1(NC)CCCCC1. The number of unbranched alkanes of at least 4 members (excludes halogenated alkanes) is 2. The van der Waals surface area contributed by atoms with Crippen LogP contribution >= 0.6 is 0 Å².